The fourth-order valence-electron chi connectivity index (χ4n) is 3.09. The van der Waals surface area contributed by atoms with Crippen LogP contribution in [-0.4, -0.2) is 34.0 Å². The van der Waals surface area contributed by atoms with Gasteiger partial charge in [-0.3, -0.25) is 4.79 Å². The molecule has 0 aromatic carbocycles. The van der Waals surface area contributed by atoms with Crippen molar-refractivity contribution in [1.29, 1.82) is 0 Å². The number of ether oxygens (including phenoxy) is 1. The smallest absolute Gasteiger partial charge is 0.308 e. The molecule has 0 aromatic rings. The molecule has 0 rings (SSSR count). The first-order chi connectivity index (χ1) is 14.2. The molecule has 0 fully saturated rings. The molecule has 30 heavy (non-hydrogen) atoms. The average molecular weight is 423 g/mol. The van der Waals surface area contributed by atoms with E-state index in [4.69, 9.17) is 4.74 Å². The van der Waals surface area contributed by atoms with E-state index in [1.54, 1.807) is 20.8 Å². The van der Waals surface area contributed by atoms with Gasteiger partial charge in [-0.2, -0.15) is 0 Å². The Kier molecular flexibility index (Phi) is 17.5. The molecule has 4 nitrogen and oxygen atoms in total. The number of rotatable bonds is 17. The maximum Gasteiger partial charge on any atom is 0.308 e. The van der Waals surface area contributed by atoms with E-state index >= 15 is 0 Å². The minimum atomic E-state index is -0.843. The van der Waals surface area contributed by atoms with Crippen molar-refractivity contribution in [2.45, 2.75) is 123 Å². The molecule has 0 aliphatic carbocycles. The summed E-state index contributed by atoms with van der Waals surface area (Å²) in [6.07, 6.45) is 22.7. The van der Waals surface area contributed by atoms with Gasteiger partial charge in [-0.05, 0) is 65.7 Å². The van der Waals surface area contributed by atoms with Gasteiger partial charge in [0, 0.05) is 0 Å². The SMILES string of the molecule is CC/C=C\C/C=C\C/C=C\CCCCCCC[C@@H](O)C[C@H](O)CC(=O)OC(C)(C)C. The zero-order chi connectivity index (χ0) is 22.7. The summed E-state index contributed by atoms with van der Waals surface area (Å²) in [4.78, 5) is 11.7. The van der Waals surface area contributed by atoms with Gasteiger partial charge in [-0.25, -0.2) is 0 Å². The topological polar surface area (TPSA) is 66.8 Å². The molecule has 0 aromatic heterocycles. The molecule has 0 heterocycles. The maximum absolute atomic E-state index is 11.7. The third-order valence-corrected chi connectivity index (χ3v) is 4.55. The van der Waals surface area contributed by atoms with Gasteiger partial charge in [0.15, 0.2) is 0 Å². The van der Waals surface area contributed by atoms with E-state index in [0.29, 0.717) is 6.42 Å². The summed E-state index contributed by atoms with van der Waals surface area (Å²) >= 11 is 0. The monoisotopic (exact) mass is 422 g/mol. The molecule has 0 spiro atoms. The minimum Gasteiger partial charge on any atom is -0.460 e. The van der Waals surface area contributed by atoms with Crippen molar-refractivity contribution in [2.24, 2.45) is 0 Å². The summed E-state index contributed by atoms with van der Waals surface area (Å²) in [5.41, 5.74) is -0.548. The quantitative estimate of drug-likeness (QED) is 0.161. The molecular formula is C26H46O4. The zero-order valence-electron chi connectivity index (χ0n) is 19.8. The molecule has 0 aliphatic rings. The molecule has 2 atom stereocenters. The van der Waals surface area contributed by atoms with Crippen LogP contribution in [0.1, 0.15) is 105 Å². The van der Waals surface area contributed by atoms with Crippen molar-refractivity contribution < 1.29 is 19.7 Å². The Labute approximate surface area is 185 Å². The van der Waals surface area contributed by atoms with Crippen LogP contribution in [0.3, 0.4) is 0 Å². The van der Waals surface area contributed by atoms with Crippen molar-refractivity contribution >= 4 is 5.97 Å². The number of hydrogen-bond donors (Lipinski definition) is 2. The molecule has 0 unspecified atom stereocenters. The van der Waals surface area contributed by atoms with E-state index < -0.39 is 23.8 Å². The normalized spacial score (nSPS) is 14.7. The van der Waals surface area contributed by atoms with Gasteiger partial charge in [0.2, 0.25) is 0 Å². The van der Waals surface area contributed by atoms with Gasteiger partial charge in [0.05, 0.1) is 18.6 Å². The van der Waals surface area contributed by atoms with E-state index in [0.717, 1.165) is 38.5 Å². The highest BCUT2D eigenvalue weighted by molar-refractivity contribution is 5.70. The summed E-state index contributed by atoms with van der Waals surface area (Å²) < 4.78 is 5.19. The van der Waals surface area contributed by atoms with Crippen LogP contribution in [-0.2, 0) is 9.53 Å². The van der Waals surface area contributed by atoms with Gasteiger partial charge in [-0.1, -0.05) is 69.1 Å². The van der Waals surface area contributed by atoms with Crippen molar-refractivity contribution in [3.63, 3.8) is 0 Å². The fraction of sp³-hybridized carbons (Fsp3) is 0.731. The van der Waals surface area contributed by atoms with Crippen LogP contribution in [0.5, 0.6) is 0 Å². The highest BCUT2D eigenvalue weighted by atomic mass is 16.6. The molecule has 0 aliphatic heterocycles. The molecule has 2 N–H and O–H groups in total. The summed E-state index contributed by atoms with van der Waals surface area (Å²) in [6.45, 7) is 7.55. The number of hydrogen-bond acceptors (Lipinski definition) is 4. The second-order valence-corrected chi connectivity index (χ2v) is 8.97. The first-order valence-electron chi connectivity index (χ1n) is 11.8. The lowest BCUT2D eigenvalue weighted by atomic mass is 10.0. The van der Waals surface area contributed by atoms with E-state index in [1.165, 1.54) is 19.3 Å². The number of esters is 1. The van der Waals surface area contributed by atoms with Crippen molar-refractivity contribution in [3.8, 4) is 0 Å². The second-order valence-electron chi connectivity index (χ2n) is 8.97. The van der Waals surface area contributed by atoms with E-state index in [-0.39, 0.29) is 12.8 Å². The van der Waals surface area contributed by atoms with Crippen LogP contribution in [0.25, 0.3) is 0 Å². The Morgan fingerprint density at radius 3 is 2.03 bits per heavy atom. The third-order valence-electron chi connectivity index (χ3n) is 4.55. The number of unbranched alkanes of at least 4 members (excludes halogenated alkanes) is 5. The van der Waals surface area contributed by atoms with Crippen LogP contribution in [0.4, 0.5) is 0 Å². The summed E-state index contributed by atoms with van der Waals surface area (Å²) in [7, 11) is 0. The number of carbonyl (C=O) groups excluding carboxylic acids is 1. The van der Waals surface area contributed by atoms with Gasteiger partial charge in [0.25, 0.3) is 0 Å². The van der Waals surface area contributed by atoms with E-state index in [9.17, 15) is 15.0 Å². The van der Waals surface area contributed by atoms with Crippen molar-refractivity contribution in [1.82, 2.24) is 0 Å². The maximum atomic E-state index is 11.7. The molecule has 4 heteroatoms. The molecular weight excluding hydrogens is 376 g/mol. The first-order valence-corrected chi connectivity index (χ1v) is 11.8. The predicted octanol–water partition coefficient (Wildman–Crippen LogP) is 6.42. The molecule has 0 amide bonds. The summed E-state index contributed by atoms with van der Waals surface area (Å²) in [6, 6.07) is 0. The Hall–Kier alpha value is -1.39. The lowest BCUT2D eigenvalue weighted by molar-refractivity contribution is -0.157. The van der Waals surface area contributed by atoms with Gasteiger partial charge in [0.1, 0.15) is 5.60 Å². The van der Waals surface area contributed by atoms with Crippen LogP contribution < -0.4 is 0 Å². The predicted molar refractivity (Wildman–Crippen MR) is 126 cm³/mol. The lowest BCUT2D eigenvalue weighted by Crippen LogP contribution is -2.28. The lowest BCUT2D eigenvalue weighted by Gasteiger charge is -2.21. The number of aliphatic hydroxyl groups excluding tert-OH is 2. The molecule has 0 saturated carbocycles. The highest BCUT2D eigenvalue weighted by Crippen LogP contribution is 2.15. The summed E-state index contributed by atoms with van der Waals surface area (Å²) in [5, 5.41) is 20.0. The third kappa shape index (κ3) is 21.3. The summed E-state index contributed by atoms with van der Waals surface area (Å²) in [5.74, 6) is -0.420. The second kappa shape index (κ2) is 18.4. The number of allylic oxidation sites excluding steroid dienone is 6. The fourth-order valence-corrected chi connectivity index (χ4v) is 3.09. The van der Waals surface area contributed by atoms with Gasteiger partial charge < -0.3 is 14.9 Å². The van der Waals surface area contributed by atoms with Crippen molar-refractivity contribution in [2.75, 3.05) is 0 Å². The Bertz CT molecular complexity index is 500. The molecule has 0 saturated heterocycles. The van der Waals surface area contributed by atoms with Gasteiger partial charge >= 0.3 is 5.97 Å². The Morgan fingerprint density at radius 1 is 0.833 bits per heavy atom. The van der Waals surface area contributed by atoms with Crippen LogP contribution in [0, 0.1) is 0 Å². The number of aliphatic hydroxyl groups is 2. The van der Waals surface area contributed by atoms with Crippen LogP contribution in [0.15, 0.2) is 36.5 Å². The molecule has 0 bridgehead atoms. The molecule has 174 valence electrons. The largest absolute Gasteiger partial charge is 0.460 e. The number of carbonyl (C=O) groups is 1. The standard InChI is InChI=1S/C26H46O4/c1-5-6-7-8-9-10-11-12-13-14-15-16-17-18-19-20-23(27)21-24(28)22-25(29)30-26(2,3)4/h6-7,9-10,12-13,23-24,27-28H,5,8,11,14-22H2,1-4H3/b7-6-,10-9-,13-12-/t23-,24+/m1/s1. The van der Waals surface area contributed by atoms with Crippen molar-refractivity contribution in [3.05, 3.63) is 36.5 Å². The highest BCUT2D eigenvalue weighted by Gasteiger charge is 2.20. The zero-order valence-corrected chi connectivity index (χ0v) is 19.8. The Morgan fingerprint density at radius 2 is 1.40 bits per heavy atom. The molecule has 0 radical (unpaired) electrons. The van der Waals surface area contributed by atoms with Crippen LogP contribution in [0.2, 0.25) is 0 Å². The minimum absolute atomic E-state index is 0.0620. The first kappa shape index (κ1) is 28.6. The van der Waals surface area contributed by atoms with Gasteiger partial charge in [-0.15, -0.1) is 0 Å². The average Bonchev–Trinajstić information content (AvgIpc) is 2.63. The van der Waals surface area contributed by atoms with E-state index in [1.807, 2.05) is 0 Å². The van der Waals surface area contributed by atoms with E-state index in [2.05, 4.69) is 43.4 Å². The van der Waals surface area contributed by atoms with Crippen LogP contribution >= 0.6 is 0 Å². The Balaban J connectivity index is 3.58.